The highest BCUT2D eigenvalue weighted by molar-refractivity contribution is 6.31. The van der Waals surface area contributed by atoms with Crippen LogP contribution in [0.15, 0.2) is 35.0 Å². The van der Waals surface area contributed by atoms with E-state index in [9.17, 15) is 4.39 Å². The van der Waals surface area contributed by atoms with Gasteiger partial charge in [0.05, 0.1) is 22.1 Å². The number of rotatable bonds is 2. The maximum absolute atomic E-state index is 13.8. The lowest BCUT2D eigenvalue weighted by molar-refractivity contribution is 0.315. The van der Waals surface area contributed by atoms with Crippen molar-refractivity contribution in [3.63, 3.8) is 0 Å². The second-order valence-electron chi connectivity index (χ2n) is 3.89. The van der Waals surface area contributed by atoms with Crippen molar-refractivity contribution in [1.82, 2.24) is 10.3 Å². The Morgan fingerprint density at radius 2 is 2.00 bits per heavy atom. The normalized spacial score (nSPS) is 10.8. The molecule has 3 aromatic rings. The van der Waals surface area contributed by atoms with E-state index in [1.165, 1.54) is 6.07 Å². The molecule has 0 unspecified atom stereocenters. The summed E-state index contributed by atoms with van der Waals surface area (Å²) in [7, 11) is 0. The van der Waals surface area contributed by atoms with Crippen LogP contribution in [0.4, 0.5) is 21.5 Å². The average molecular weight is 279 g/mol. The molecule has 19 heavy (non-hydrogen) atoms. The molecule has 3 rings (SSSR count). The van der Waals surface area contributed by atoms with Crippen LogP contribution in [0.1, 0.15) is 0 Å². The maximum atomic E-state index is 13.8. The van der Waals surface area contributed by atoms with Crippen molar-refractivity contribution in [3.8, 4) is 0 Å². The summed E-state index contributed by atoms with van der Waals surface area (Å²) in [4.78, 5) is 0. The van der Waals surface area contributed by atoms with E-state index in [1.54, 1.807) is 24.3 Å². The summed E-state index contributed by atoms with van der Waals surface area (Å²) in [6.07, 6.45) is 0. The molecule has 3 N–H and O–H groups in total. The summed E-state index contributed by atoms with van der Waals surface area (Å²) in [5, 5.41) is 10.3. The van der Waals surface area contributed by atoms with Crippen LogP contribution in [0.25, 0.3) is 11.0 Å². The Labute approximate surface area is 112 Å². The summed E-state index contributed by atoms with van der Waals surface area (Å²) < 4.78 is 18.4. The predicted molar refractivity (Wildman–Crippen MR) is 70.9 cm³/mol. The Morgan fingerprint density at radius 1 is 1.16 bits per heavy atom. The van der Waals surface area contributed by atoms with Crippen LogP contribution in [-0.4, -0.2) is 10.3 Å². The lowest BCUT2D eigenvalue weighted by Gasteiger charge is -2.10. The van der Waals surface area contributed by atoms with Gasteiger partial charge < -0.3 is 11.1 Å². The molecule has 0 saturated heterocycles. The highest BCUT2D eigenvalue weighted by Gasteiger charge is 2.12. The van der Waals surface area contributed by atoms with Crippen LogP contribution in [-0.2, 0) is 0 Å². The Bertz CT molecular complexity index is 759. The Balaban J connectivity index is 2.05. The van der Waals surface area contributed by atoms with Crippen molar-refractivity contribution in [3.05, 3.63) is 41.2 Å². The zero-order valence-corrected chi connectivity index (χ0v) is 10.3. The van der Waals surface area contributed by atoms with Crippen LogP contribution in [0, 0.1) is 5.82 Å². The van der Waals surface area contributed by atoms with Gasteiger partial charge in [-0.05, 0) is 34.6 Å². The van der Waals surface area contributed by atoms with E-state index in [0.29, 0.717) is 22.4 Å². The number of hydrogen-bond acceptors (Lipinski definition) is 5. The molecular formula is C12H8ClFN4O. The number of fused-ring (bicyclic) bond motifs is 1. The number of nitrogens with two attached hydrogens (primary N) is 1. The van der Waals surface area contributed by atoms with Crippen LogP contribution >= 0.6 is 11.6 Å². The summed E-state index contributed by atoms with van der Waals surface area (Å²) in [6, 6.07) is 8.01. The number of nitrogens with one attached hydrogen (secondary N) is 1. The van der Waals surface area contributed by atoms with Gasteiger partial charge in [-0.3, -0.25) is 0 Å². The number of nitrogen functional groups attached to an aromatic ring is 1. The van der Waals surface area contributed by atoms with E-state index in [4.69, 9.17) is 17.3 Å². The molecule has 0 fully saturated rings. The lowest BCUT2D eigenvalue weighted by Crippen LogP contribution is -1.99. The van der Waals surface area contributed by atoms with E-state index in [-0.39, 0.29) is 10.7 Å². The third kappa shape index (κ3) is 1.96. The Hall–Kier alpha value is -2.34. The third-order valence-electron chi connectivity index (χ3n) is 2.69. The van der Waals surface area contributed by atoms with Crippen LogP contribution in [0.2, 0.25) is 5.02 Å². The van der Waals surface area contributed by atoms with Gasteiger partial charge >= 0.3 is 0 Å². The molecule has 1 heterocycles. The van der Waals surface area contributed by atoms with E-state index < -0.39 is 5.82 Å². The van der Waals surface area contributed by atoms with Gasteiger partial charge in [-0.15, -0.1) is 0 Å². The molecule has 2 aromatic carbocycles. The van der Waals surface area contributed by atoms with Gasteiger partial charge in [0.2, 0.25) is 0 Å². The van der Waals surface area contributed by atoms with Gasteiger partial charge in [0.15, 0.2) is 11.3 Å². The molecule has 0 amide bonds. The van der Waals surface area contributed by atoms with Crippen molar-refractivity contribution in [2.24, 2.45) is 0 Å². The van der Waals surface area contributed by atoms with Gasteiger partial charge in [-0.2, -0.15) is 0 Å². The van der Waals surface area contributed by atoms with Gasteiger partial charge in [0.1, 0.15) is 5.52 Å². The first-order chi connectivity index (χ1) is 9.16. The predicted octanol–water partition coefficient (Wildman–Crippen LogP) is 3.34. The molecule has 0 saturated carbocycles. The molecule has 96 valence electrons. The number of nitrogens with zero attached hydrogens (tertiary/aromatic N) is 2. The van der Waals surface area contributed by atoms with E-state index >= 15 is 0 Å². The van der Waals surface area contributed by atoms with Gasteiger partial charge in [-0.25, -0.2) is 9.02 Å². The number of hydrogen-bond donors (Lipinski definition) is 2. The van der Waals surface area contributed by atoms with E-state index in [1.807, 2.05) is 0 Å². The largest absolute Gasteiger partial charge is 0.395 e. The first-order valence-corrected chi connectivity index (χ1v) is 5.76. The van der Waals surface area contributed by atoms with Crippen LogP contribution < -0.4 is 11.1 Å². The molecule has 0 aliphatic carbocycles. The minimum atomic E-state index is -0.540. The molecule has 5 nitrogen and oxygen atoms in total. The van der Waals surface area contributed by atoms with Crippen molar-refractivity contribution in [2.75, 3.05) is 11.1 Å². The quantitative estimate of drug-likeness (QED) is 0.703. The summed E-state index contributed by atoms with van der Waals surface area (Å²) in [6.45, 7) is 0. The second kappa shape index (κ2) is 4.40. The first kappa shape index (κ1) is 11.7. The fraction of sp³-hybridized carbons (Fsp3) is 0. The molecule has 0 atom stereocenters. The smallest absolute Gasteiger partial charge is 0.165 e. The zero-order chi connectivity index (χ0) is 13.4. The number of halogens is 2. The van der Waals surface area contributed by atoms with Crippen molar-refractivity contribution < 1.29 is 9.02 Å². The first-order valence-electron chi connectivity index (χ1n) is 5.38. The molecule has 0 bridgehead atoms. The van der Waals surface area contributed by atoms with Crippen LogP contribution in [0.5, 0.6) is 0 Å². The number of anilines is 3. The van der Waals surface area contributed by atoms with Crippen LogP contribution in [0.3, 0.4) is 0 Å². The maximum Gasteiger partial charge on any atom is 0.165 e. The third-order valence-corrected chi connectivity index (χ3v) is 2.98. The Kier molecular flexibility index (Phi) is 2.72. The van der Waals surface area contributed by atoms with E-state index in [2.05, 4.69) is 20.3 Å². The minimum Gasteiger partial charge on any atom is -0.395 e. The monoisotopic (exact) mass is 278 g/mol. The summed E-state index contributed by atoms with van der Waals surface area (Å²) in [5.41, 5.74) is 7.95. The second-order valence-corrected chi connectivity index (χ2v) is 4.29. The molecular weight excluding hydrogens is 271 g/mol. The van der Waals surface area contributed by atoms with Crippen molar-refractivity contribution in [1.29, 1.82) is 0 Å². The summed E-state index contributed by atoms with van der Waals surface area (Å²) in [5.74, 6) is -0.540. The number of aromatic nitrogens is 2. The lowest BCUT2D eigenvalue weighted by atomic mass is 10.2. The average Bonchev–Trinajstić information content (AvgIpc) is 2.87. The molecule has 0 aliphatic rings. The highest BCUT2D eigenvalue weighted by Crippen LogP contribution is 2.31. The van der Waals surface area contributed by atoms with E-state index in [0.717, 1.165) is 0 Å². The molecule has 0 spiro atoms. The van der Waals surface area contributed by atoms with Gasteiger partial charge in [0.25, 0.3) is 0 Å². The fourth-order valence-electron chi connectivity index (χ4n) is 1.73. The standard InChI is InChI=1S/C12H8ClFN4O/c13-6-2-1-3-7(10(6)14)16-8-4-5-9-12(11(8)15)18-19-17-9/h1-5,16H,15H2. The zero-order valence-electron chi connectivity index (χ0n) is 9.52. The topological polar surface area (TPSA) is 77.0 Å². The number of benzene rings is 2. The SMILES string of the molecule is Nc1c(Nc2cccc(Cl)c2F)ccc2nonc12. The summed E-state index contributed by atoms with van der Waals surface area (Å²) >= 11 is 5.71. The molecule has 0 aliphatic heterocycles. The van der Waals surface area contributed by atoms with Crippen molar-refractivity contribution in [2.45, 2.75) is 0 Å². The van der Waals surface area contributed by atoms with Gasteiger partial charge in [-0.1, -0.05) is 17.7 Å². The minimum absolute atomic E-state index is 0.0350. The molecule has 0 radical (unpaired) electrons. The molecule has 1 aromatic heterocycles. The Morgan fingerprint density at radius 3 is 2.84 bits per heavy atom. The highest BCUT2D eigenvalue weighted by atomic mass is 35.5. The van der Waals surface area contributed by atoms with Gasteiger partial charge in [0, 0.05) is 0 Å². The van der Waals surface area contributed by atoms with Crippen molar-refractivity contribution >= 4 is 39.7 Å². The fourth-order valence-corrected chi connectivity index (χ4v) is 1.90. The molecule has 7 heteroatoms.